The van der Waals surface area contributed by atoms with E-state index >= 15 is 0 Å². The van der Waals surface area contributed by atoms with E-state index in [1.165, 1.54) is 51.6 Å². The van der Waals surface area contributed by atoms with Crippen LogP contribution < -0.4 is 5.32 Å². The van der Waals surface area contributed by atoms with Crippen molar-refractivity contribution in [3.63, 3.8) is 0 Å². The van der Waals surface area contributed by atoms with Gasteiger partial charge in [0.25, 0.3) is 0 Å². The van der Waals surface area contributed by atoms with Crippen LogP contribution in [-0.4, -0.2) is 30.1 Å². The molecule has 1 saturated carbocycles. The summed E-state index contributed by atoms with van der Waals surface area (Å²) in [5.74, 6) is 0. The molecule has 1 aliphatic heterocycles. The topological polar surface area (TPSA) is 39.1 Å². The quantitative estimate of drug-likeness (QED) is 0.916. The second-order valence-corrected chi connectivity index (χ2v) is 6.58. The zero-order valence-corrected chi connectivity index (χ0v) is 13.1. The molecule has 4 heteroatoms. The molecule has 1 aromatic carbocycles. The number of nitrogens with one attached hydrogen (secondary N) is 1. The molecule has 1 heterocycles. The van der Waals surface area contributed by atoms with Crippen LogP contribution >= 0.6 is 11.6 Å². The Kier molecular flexibility index (Phi) is 4.67. The van der Waals surface area contributed by atoms with Gasteiger partial charge >= 0.3 is 0 Å². The zero-order valence-electron chi connectivity index (χ0n) is 12.3. The summed E-state index contributed by atoms with van der Waals surface area (Å²) in [6, 6.07) is 8.77. The third kappa shape index (κ3) is 3.33. The van der Waals surface area contributed by atoms with Crippen molar-refractivity contribution in [2.24, 2.45) is 0 Å². The van der Waals surface area contributed by atoms with Crippen LogP contribution in [0.15, 0.2) is 18.2 Å². The van der Waals surface area contributed by atoms with Gasteiger partial charge in [-0.2, -0.15) is 5.26 Å². The normalized spacial score (nSPS) is 26.5. The van der Waals surface area contributed by atoms with Gasteiger partial charge in [0.2, 0.25) is 0 Å². The first-order valence-corrected chi connectivity index (χ1v) is 8.36. The summed E-state index contributed by atoms with van der Waals surface area (Å²) < 4.78 is 0. The third-order valence-corrected chi connectivity index (χ3v) is 5.02. The maximum absolute atomic E-state index is 9.27. The molecule has 0 spiro atoms. The van der Waals surface area contributed by atoms with Gasteiger partial charge in [-0.15, -0.1) is 0 Å². The minimum atomic E-state index is 0.433. The van der Waals surface area contributed by atoms with E-state index < -0.39 is 0 Å². The number of rotatable bonds is 3. The Balaban J connectivity index is 1.78. The number of anilines is 1. The van der Waals surface area contributed by atoms with Gasteiger partial charge in [0.15, 0.2) is 0 Å². The largest absolute Gasteiger partial charge is 0.380 e. The van der Waals surface area contributed by atoms with Crippen molar-refractivity contribution in [3.8, 4) is 6.07 Å². The molecule has 21 heavy (non-hydrogen) atoms. The van der Waals surface area contributed by atoms with Gasteiger partial charge in [-0.25, -0.2) is 0 Å². The van der Waals surface area contributed by atoms with Crippen LogP contribution in [0, 0.1) is 11.3 Å². The smallest absolute Gasteiger partial charge is 0.101 e. The van der Waals surface area contributed by atoms with Crippen molar-refractivity contribution in [2.75, 3.05) is 18.4 Å². The average Bonchev–Trinajstić information content (AvgIpc) is 3.02. The standard InChI is InChI=1S/C17H22ClN3/c18-14-8-7-13(12-19)16(11-14)20-15-5-1-2-6-17(15)21-9-3-4-10-21/h7-8,11,15,17,20H,1-6,9-10H2/t15-,17+/m0/s1. The fourth-order valence-electron chi connectivity index (χ4n) is 3.72. The number of hydrogen-bond donors (Lipinski definition) is 1. The molecule has 112 valence electrons. The number of likely N-dealkylation sites (tertiary alicyclic amines) is 1. The first-order valence-electron chi connectivity index (χ1n) is 7.98. The lowest BCUT2D eigenvalue weighted by atomic mass is 9.89. The molecule has 2 atom stereocenters. The molecule has 1 saturated heterocycles. The maximum atomic E-state index is 9.27. The Hall–Kier alpha value is -1.24. The number of halogens is 1. The molecule has 1 aromatic rings. The lowest BCUT2D eigenvalue weighted by molar-refractivity contribution is 0.177. The Morgan fingerprint density at radius 2 is 1.90 bits per heavy atom. The van der Waals surface area contributed by atoms with Crippen LogP contribution in [0.25, 0.3) is 0 Å². The second kappa shape index (κ2) is 6.68. The molecule has 0 unspecified atom stereocenters. The van der Waals surface area contributed by atoms with Crippen LogP contribution in [0.4, 0.5) is 5.69 Å². The highest BCUT2D eigenvalue weighted by atomic mass is 35.5. The molecule has 0 aromatic heterocycles. The second-order valence-electron chi connectivity index (χ2n) is 6.15. The van der Waals surface area contributed by atoms with Crippen molar-refractivity contribution < 1.29 is 0 Å². The van der Waals surface area contributed by atoms with Gasteiger partial charge < -0.3 is 5.32 Å². The van der Waals surface area contributed by atoms with Gasteiger partial charge in [-0.05, 0) is 57.0 Å². The zero-order chi connectivity index (χ0) is 14.7. The summed E-state index contributed by atoms with van der Waals surface area (Å²) in [5.41, 5.74) is 1.58. The predicted octanol–water partition coefficient (Wildman–Crippen LogP) is 4.03. The van der Waals surface area contributed by atoms with E-state index in [-0.39, 0.29) is 0 Å². The third-order valence-electron chi connectivity index (χ3n) is 4.78. The van der Waals surface area contributed by atoms with E-state index in [0.29, 0.717) is 22.7 Å². The summed E-state index contributed by atoms with van der Waals surface area (Å²) >= 11 is 6.10. The van der Waals surface area contributed by atoms with Crippen molar-refractivity contribution in [1.82, 2.24) is 4.90 Å². The Labute approximate surface area is 131 Å². The Morgan fingerprint density at radius 1 is 1.14 bits per heavy atom. The van der Waals surface area contributed by atoms with Crippen LogP contribution in [0.2, 0.25) is 5.02 Å². The predicted molar refractivity (Wildman–Crippen MR) is 86.6 cm³/mol. The van der Waals surface area contributed by atoms with Gasteiger partial charge in [0.05, 0.1) is 11.3 Å². The first-order chi connectivity index (χ1) is 10.3. The lowest BCUT2D eigenvalue weighted by Gasteiger charge is -2.39. The van der Waals surface area contributed by atoms with Crippen molar-refractivity contribution in [3.05, 3.63) is 28.8 Å². The summed E-state index contributed by atoms with van der Waals surface area (Å²) in [5, 5.41) is 13.6. The van der Waals surface area contributed by atoms with E-state index in [1.807, 2.05) is 6.07 Å². The molecule has 2 aliphatic rings. The highest BCUT2D eigenvalue weighted by molar-refractivity contribution is 6.30. The highest BCUT2D eigenvalue weighted by Gasteiger charge is 2.31. The van der Waals surface area contributed by atoms with Crippen molar-refractivity contribution >= 4 is 17.3 Å². The van der Waals surface area contributed by atoms with E-state index in [2.05, 4.69) is 16.3 Å². The molecule has 2 fully saturated rings. The summed E-state index contributed by atoms with van der Waals surface area (Å²) in [4.78, 5) is 2.63. The molecule has 3 nitrogen and oxygen atoms in total. The van der Waals surface area contributed by atoms with Gasteiger partial charge in [0, 0.05) is 17.1 Å². The van der Waals surface area contributed by atoms with Gasteiger partial charge in [0.1, 0.15) is 6.07 Å². The van der Waals surface area contributed by atoms with E-state index in [1.54, 1.807) is 12.1 Å². The molecule has 0 bridgehead atoms. The van der Waals surface area contributed by atoms with Gasteiger partial charge in [-0.1, -0.05) is 24.4 Å². The summed E-state index contributed by atoms with van der Waals surface area (Å²) in [7, 11) is 0. The molecule has 3 rings (SSSR count). The number of benzene rings is 1. The lowest BCUT2D eigenvalue weighted by Crippen LogP contribution is -2.47. The highest BCUT2D eigenvalue weighted by Crippen LogP contribution is 2.30. The summed E-state index contributed by atoms with van der Waals surface area (Å²) in [6.45, 7) is 2.45. The maximum Gasteiger partial charge on any atom is 0.101 e. The van der Waals surface area contributed by atoms with Crippen molar-refractivity contribution in [1.29, 1.82) is 5.26 Å². The van der Waals surface area contributed by atoms with Crippen LogP contribution in [0.1, 0.15) is 44.1 Å². The molecule has 1 aliphatic carbocycles. The Bertz CT molecular complexity index is 531. The molecule has 0 radical (unpaired) electrons. The van der Waals surface area contributed by atoms with E-state index in [0.717, 1.165) is 5.69 Å². The van der Waals surface area contributed by atoms with Crippen LogP contribution in [0.3, 0.4) is 0 Å². The fraction of sp³-hybridized carbons (Fsp3) is 0.588. The SMILES string of the molecule is N#Cc1ccc(Cl)cc1N[C@H]1CCCC[C@H]1N1CCCC1. The monoisotopic (exact) mass is 303 g/mol. The van der Waals surface area contributed by atoms with E-state index in [4.69, 9.17) is 11.6 Å². The number of nitrogens with zero attached hydrogens (tertiary/aromatic N) is 2. The Morgan fingerprint density at radius 3 is 2.67 bits per heavy atom. The summed E-state index contributed by atoms with van der Waals surface area (Å²) in [6.07, 6.45) is 7.68. The average molecular weight is 304 g/mol. The molecule has 0 amide bonds. The van der Waals surface area contributed by atoms with E-state index in [9.17, 15) is 5.26 Å². The molecular formula is C17H22ClN3. The first kappa shape index (κ1) is 14.7. The minimum Gasteiger partial charge on any atom is -0.380 e. The molecule has 1 N–H and O–H groups in total. The van der Waals surface area contributed by atoms with Crippen LogP contribution in [-0.2, 0) is 0 Å². The van der Waals surface area contributed by atoms with Crippen molar-refractivity contribution in [2.45, 2.75) is 50.6 Å². The van der Waals surface area contributed by atoms with Crippen LogP contribution in [0.5, 0.6) is 0 Å². The fourth-order valence-corrected chi connectivity index (χ4v) is 3.90. The number of hydrogen-bond acceptors (Lipinski definition) is 3. The van der Waals surface area contributed by atoms with Gasteiger partial charge in [-0.3, -0.25) is 4.90 Å². The minimum absolute atomic E-state index is 0.433. The number of nitriles is 1. The molecular weight excluding hydrogens is 282 g/mol.